The second kappa shape index (κ2) is 10.1. The van der Waals surface area contributed by atoms with Crippen molar-refractivity contribution in [3.05, 3.63) is 70.7 Å². The van der Waals surface area contributed by atoms with Crippen LogP contribution in [-0.2, 0) is 22.6 Å². The van der Waals surface area contributed by atoms with Gasteiger partial charge in [-0.15, -0.1) is 0 Å². The van der Waals surface area contributed by atoms with Crippen molar-refractivity contribution in [2.45, 2.75) is 52.2 Å². The van der Waals surface area contributed by atoms with Gasteiger partial charge in [0.25, 0.3) is 0 Å². The first-order valence-corrected chi connectivity index (χ1v) is 9.66. The van der Waals surface area contributed by atoms with E-state index in [2.05, 4.69) is 5.32 Å². The van der Waals surface area contributed by atoms with Gasteiger partial charge in [-0.3, -0.25) is 9.59 Å². The molecule has 27 heavy (non-hydrogen) atoms. The van der Waals surface area contributed by atoms with Gasteiger partial charge in [0.2, 0.25) is 11.8 Å². The molecule has 2 aromatic rings. The highest BCUT2D eigenvalue weighted by atomic mass is 35.5. The zero-order chi connectivity index (χ0) is 19.8. The fourth-order valence-electron chi connectivity index (χ4n) is 2.92. The molecule has 0 saturated carbocycles. The Bertz CT molecular complexity index is 745. The van der Waals surface area contributed by atoms with Crippen LogP contribution in [0.1, 0.15) is 38.3 Å². The average molecular weight is 387 g/mol. The van der Waals surface area contributed by atoms with Crippen molar-refractivity contribution in [1.29, 1.82) is 0 Å². The molecule has 5 heteroatoms. The van der Waals surface area contributed by atoms with Gasteiger partial charge < -0.3 is 10.2 Å². The van der Waals surface area contributed by atoms with Crippen LogP contribution in [0.4, 0.5) is 0 Å². The zero-order valence-corrected chi connectivity index (χ0v) is 16.9. The number of carbonyl (C=O) groups excluding carboxylic acids is 2. The summed E-state index contributed by atoms with van der Waals surface area (Å²) in [7, 11) is 0. The zero-order valence-electron chi connectivity index (χ0n) is 16.1. The fraction of sp³-hybridized carbons (Fsp3) is 0.364. The van der Waals surface area contributed by atoms with E-state index in [1.54, 1.807) is 17.0 Å². The number of benzene rings is 2. The summed E-state index contributed by atoms with van der Waals surface area (Å²) in [6.45, 7) is 6.02. The molecule has 2 amide bonds. The predicted octanol–water partition coefficient (Wildman–Crippen LogP) is 4.21. The van der Waals surface area contributed by atoms with Crippen LogP contribution in [0.3, 0.4) is 0 Å². The summed E-state index contributed by atoms with van der Waals surface area (Å²) in [6, 6.07) is 16.6. The fourth-order valence-corrected chi connectivity index (χ4v) is 3.05. The molecule has 0 spiro atoms. The molecule has 0 bridgehead atoms. The molecule has 0 aromatic heterocycles. The molecular formula is C22H27ClN2O2. The molecule has 0 fully saturated rings. The maximum absolute atomic E-state index is 12.9. The van der Waals surface area contributed by atoms with E-state index in [-0.39, 0.29) is 17.9 Å². The summed E-state index contributed by atoms with van der Waals surface area (Å²) in [6.07, 6.45) is 0.812. The van der Waals surface area contributed by atoms with Crippen LogP contribution >= 0.6 is 11.6 Å². The third-order valence-corrected chi connectivity index (χ3v) is 4.52. The third-order valence-electron chi connectivity index (χ3n) is 4.27. The van der Waals surface area contributed by atoms with Gasteiger partial charge in [-0.1, -0.05) is 61.0 Å². The molecule has 0 radical (unpaired) electrons. The Morgan fingerprint density at radius 3 is 2.19 bits per heavy atom. The van der Waals surface area contributed by atoms with Gasteiger partial charge >= 0.3 is 0 Å². The SMILES string of the molecule is CCC(=O)N(Cc1ccc(Cl)cc1)[C@H](Cc1ccccc1)C(=O)NC(C)C. The molecule has 1 atom stereocenters. The summed E-state index contributed by atoms with van der Waals surface area (Å²) < 4.78 is 0. The van der Waals surface area contributed by atoms with Crippen LogP contribution in [0.5, 0.6) is 0 Å². The number of hydrogen-bond donors (Lipinski definition) is 1. The Morgan fingerprint density at radius 1 is 1.00 bits per heavy atom. The largest absolute Gasteiger partial charge is 0.352 e. The smallest absolute Gasteiger partial charge is 0.243 e. The van der Waals surface area contributed by atoms with Crippen molar-refractivity contribution in [2.75, 3.05) is 0 Å². The van der Waals surface area contributed by atoms with E-state index < -0.39 is 6.04 Å². The maximum atomic E-state index is 12.9. The second-order valence-electron chi connectivity index (χ2n) is 6.87. The Balaban J connectivity index is 2.33. The van der Waals surface area contributed by atoms with E-state index in [9.17, 15) is 9.59 Å². The van der Waals surface area contributed by atoms with Gasteiger partial charge in [-0.2, -0.15) is 0 Å². The summed E-state index contributed by atoms with van der Waals surface area (Å²) >= 11 is 5.97. The lowest BCUT2D eigenvalue weighted by Crippen LogP contribution is -2.51. The molecule has 0 heterocycles. The van der Waals surface area contributed by atoms with Crippen LogP contribution in [0.15, 0.2) is 54.6 Å². The van der Waals surface area contributed by atoms with Crippen molar-refractivity contribution in [1.82, 2.24) is 10.2 Å². The van der Waals surface area contributed by atoms with E-state index in [0.29, 0.717) is 24.4 Å². The minimum atomic E-state index is -0.571. The van der Waals surface area contributed by atoms with E-state index >= 15 is 0 Å². The van der Waals surface area contributed by atoms with E-state index in [1.807, 2.05) is 63.2 Å². The minimum Gasteiger partial charge on any atom is -0.352 e. The highest BCUT2D eigenvalue weighted by Gasteiger charge is 2.29. The topological polar surface area (TPSA) is 49.4 Å². The molecule has 2 rings (SSSR count). The van der Waals surface area contributed by atoms with Gasteiger partial charge in [-0.25, -0.2) is 0 Å². The molecule has 0 unspecified atom stereocenters. The third kappa shape index (κ3) is 6.40. The van der Waals surface area contributed by atoms with Gasteiger partial charge in [0.1, 0.15) is 6.04 Å². The van der Waals surface area contributed by atoms with Crippen molar-refractivity contribution in [3.63, 3.8) is 0 Å². The van der Waals surface area contributed by atoms with Crippen molar-refractivity contribution < 1.29 is 9.59 Å². The van der Waals surface area contributed by atoms with Crippen LogP contribution in [-0.4, -0.2) is 28.8 Å². The van der Waals surface area contributed by atoms with Gasteiger partial charge in [0.15, 0.2) is 0 Å². The number of hydrogen-bond acceptors (Lipinski definition) is 2. The molecule has 0 aliphatic heterocycles. The van der Waals surface area contributed by atoms with Crippen molar-refractivity contribution in [2.24, 2.45) is 0 Å². The first-order chi connectivity index (χ1) is 12.9. The summed E-state index contributed by atoms with van der Waals surface area (Å²) in [4.78, 5) is 27.3. The number of nitrogens with one attached hydrogen (secondary N) is 1. The Labute approximate surface area is 166 Å². The molecule has 0 aliphatic carbocycles. The molecule has 144 valence electrons. The van der Waals surface area contributed by atoms with Gasteiger partial charge in [0.05, 0.1) is 0 Å². The number of nitrogens with zero attached hydrogens (tertiary/aromatic N) is 1. The summed E-state index contributed by atoms with van der Waals surface area (Å²) in [5.74, 6) is -0.186. The lowest BCUT2D eigenvalue weighted by molar-refractivity contribution is -0.141. The monoisotopic (exact) mass is 386 g/mol. The molecule has 1 N–H and O–H groups in total. The normalized spacial score (nSPS) is 11.9. The summed E-state index contributed by atoms with van der Waals surface area (Å²) in [5, 5.41) is 3.61. The van der Waals surface area contributed by atoms with Gasteiger partial charge in [0, 0.05) is 30.5 Å². The van der Waals surface area contributed by atoms with Crippen LogP contribution in [0.2, 0.25) is 5.02 Å². The highest BCUT2D eigenvalue weighted by Crippen LogP contribution is 2.17. The van der Waals surface area contributed by atoms with Crippen molar-refractivity contribution >= 4 is 23.4 Å². The Morgan fingerprint density at radius 2 is 1.63 bits per heavy atom. The lowest BCUT2D eigenvalue weighted by Gasteiger charge is -2.32. The Hall–Kier alpha value is -2.33. The molecule has 0 aliphatic rings. The first kappa shape index (κ1) is 21.0. The maximum Gasteiger partial charge on any atom is 0.243 e. The minimum absolute atomic E-state index is 0.00452. The van der Waals surface area contributed by atoms with Crippen LogP contribution < -0.4 is 5.32 Å². The van der Waals surface area contributed by atoms with Crippen molar-refractivity contribution in [3.8, 4) is 0 Å². The molecular weight excluding hydrogens is 360 g/mol. The van der Waals surface area contributed by atoms with E-state index in [4.69, 9.17) is 11.6 Å². The molecule has 4 nitrogen and oxygen atoms in total. The van der Waals surface area contributed by atoms with Crippen LogP contribution in [0, 0.1) is 0 Å². The number of carbonyl (C=O) groups is 2. The van der Waals surface area contributed by atoms with E-state index in [0.717, 1.165) is 11.1 Å². The van der Waals surface area contributed by atoms with Crippen LogP contribution in [0.25, 0.3) is 0 Å². The highest BCUT2D eigenvalue weighted by molar-refractivity contribution is 6.30. The number of amides is 2. The average Bonchev–Trinajstić information content (AvgIpc) is 2.65. The lowest BCUT2D eigenvalue weighted by atomic mass is 10.0. The van der Waals surface area contributed by atoms with Gasteiger partial charge in [-0.05, 0) is 37.1 Å². The standard InChI is InChI=1S/C22H27ClN2O2/c1-4-21(26)25(15-18-10-12-19(23)13-11-18)20(22(27)24-16(2)3)14-17-8-6-5-7-9-17/h5-13,16,20H,4,14-15H2,1-3H3,(H,24,27)/t20-/m1/s1. The Kier molecular flexibility index (Phi) is 7.86. The quantitative estimate of drug-likeness (QED) is 0.738. The molecule has 0 saturated heterocycles. The van der Waals surface area contributed by atoms with E-state index in [1.165, 1.54) is 0 Å². The summed E-state index contributed by atoms with van der Waals surface area (Å²) in [5.41, 5.74) is 1.96. The second-order valence-corrected chi connectivity index (χ2v) is 7.31. The number of rotatable bonds is 8. The predicted molar refractivity (Wildman–Crippen MR) is 110 cm³/mol. The first-order valence-electron chi connectivity index (χ1n) is 9.29. The number of halogens is 1. The molecule has 2 aromatic carbocycles.